The molecule has 15 heavy (non-hydrogen) atoms. The molecule has 1 nitrogen and oxygen atoms in total. The summed E-state index contributed by atoms with van der Waals surface area (Å²) in [5, 5.41) is 1.10. The van der Waals surface area contributed by atoms with E-state index in [-0.39, 0.29) is 0 Å². The first kappa shape index (κ1) is 11.5. The Morgan fingerprint density at radius 1 is 1.40 bits per heavy atom. The molecule has 0 aliphatic heterocycles. The van der Waals surface area contributed by atoms with Gasteiger partial charge in [0.25, 0.3) is 0 Å². The third-order valence-electron chi connectivity index (χ3n) is 3.06. The molecular weight excluding hydrogens is 320 g/mol. The number of rotatable bonds is 4. The average Bonchev–Trinajstić information content (AvgIpc) is 3.02. The molecule has 1 aliphatic carbocycles. The molecule has 2 rings (SSSR count). The predicted octanol–water partition coefficient (Wildman–Crippen LogP) is 4.18. The van der Waals surface area contributed by atoms with E-state index in [4.69, 9.17) is 4.74 Å². The topological polar surface area (TPSA) is 9.23 Å². The van der Waals surface area contributed by atoms with Gasteiger partial charge in [0.15, 0.2) is 0 Å². The van der Waals surface area contributed by atoms with Crippen LogP contribution >= 0.6 is 31.9 Å². The summed E-state index contributed by atoms with van der Waals surface area (Å²) in [6.07, 6.45) is 3.81. The van der Waals surface area contributed by atoms with E-state index >= 15 is 0 Å². The molecule has 0 atom stereocenters. The van der Waals surface area contributed by atoms with Crippen LogP contribution in [0.4, 0.5) is 0 Å². The number of hydrogen-bond donors (Lipinski definition) is 0. The standard InChI is InChI=1S/C12H14Br2O/c1-15-10-2-3-11(14)9(6-10)7-12(8-13)4-5-12/h2-3,6H,4-5,7-8H2,1H3. The largest absolute Gasteiger partial charge is 0.497 e. The fourth-order valence-electron chi connectivity index (χ4n) is 1.75. The lowest BCUT2D eigenvalue weighted by molar-refractivity contribution is 0.413. The summed E-state index contributed by atoms with van der Waals surface area (Å²) < 4.78 is 6.44. The van der Waals surface area contributed by atoms with Crippen molar-refractivity contribution in [2.45, 2.75) is 19.3 Å². The van der Waals surface area contributed by atoms with Gasteiger partial charge in [-0.3, -0.25) is 0 Å². The Labute approximate surface area is 107 Å². The molecule has 82 valence electrons. The van der Waals surface area contributed by atoms with Crippen LogP contribution in [0.1, 0.15) is 18.4 Å². The van der Waals surface area contributed by atoms with Crippen molar-refractivity contribution in [3.63, 3.8) is 0 Å². The van der Waals surface area contributed by atoms with Gasteiger partial charge in [-0.1, -0.05) is 31.9 Å². The van der Waals surface area contributed by atoms with Crippen molar-refractivity contribution in [1.82, 2.24) is 0 Å². The molecule has 0 aromatic heterocycles. The smallest absolute Gasteiger partial charge is 0.119 e. The van der Waals surface area contributed by atoms with Crippen LogP contribution in [0.5, 0.6) is 5.75 Å². The number of methoxy groups -OCH3 is 1. The normalized spacial score (nSPS) is 17.5. The number of alkyl halides is 1. The molecule has 0 amide bonds. The van der Waals surface area contributed by atoms with E-state index < -0.39 is 0 Å². The molecule has 0 spiro atoms. The van der Waals surface area contributed by atoms with Gasteiger partial charge in [-0.25, -0.2) is 0 Å². The average molecular weight is 334 g/mol. The number of halogens is 2. The summed E-state index contributed by atoms with van der Waals surface area (Å²) in [6.45, 7) is 0. The van der Waals surface area contributed by atoms with E-state index in [2.05, 4.69) is 44.0 Å². The van der Waals surface area contributed by atoms with Crippen molar-refractivity contribution in [2.75, 3.05) is 12.4 Å². The second kappa shape index (κ2) is 4.46. The molecule has 0 unspecified atom stereocenters. The Morgan fingerprint density at radius 3 is 2.67 bits per heavy atom. The van der Waals surface area contributed by atoms with Gasteiger partial charge in [-0.2, -0.15) is 0 Å². The third kappa shape index (κ3) is 2.56. The summed E-state index contributed by atoms with van der Waals surface area (Å²) in [4.78, 5) is 0. The maximum Gasteiger partial charge on any atom is 0.119 e. The fraction of sp³-hybridized carbons (Fsp3) is 0.500. The van der Waals surface area contributed by atoms with Gasteiger partial charge in [-0.05, 0) is 48.4 Å². The molecule has 1 aromatic rings. The number of ether oxygens (including phenoxy) is 1. The summed E-state index contributed by atoms with van der Waals surface area (Å²) in [5.41, 5.74) is 1.86. The summed E-state index contributed by atoms with van der Waals surface area (Å²) in [7, 11) is 1.71. The van der Waals surface area contributed by atoms with E-state index in [1.165, 1.54) is 22.9 Å². The van der Waals surface area contributed by atoms with E-state index in [0.29, 0.717) is 5.41 Å². The molecule has 3 heteroatoms. The van der Waals surface area contributed by atoms with Gasteiger partial charge in [0.2, 0.25) is 0 Å². The minimum Gasteiger partial charge on any atom is -0.497 e. The molecule has 0 N–H and O–H groups in total. The quantitative estimate of drug-likeness (QED) is 0.751. The van der Waals surface area contributed by atoms with Gasteiger partial charge < -0.3 is 4.74 Å². The second-order valence-electron chi connectivity index (χ2n) is 4.27. The summed E-state index contributed by atoms with van der Waals surface area (Å²) in [6, 6.07) is 6.19. The van der Waals surface area contributed by atoms with E-state index in [1.807, 2.05) is 6.07 Å². The first-order valence-electron chi connectivity index (χ1n) is 5.07. The van der Waals surface area contributed by atoms with Crippen molar-refractivity contribution < 1.29 is 4.74 Å². The summed E-state index contributed by atoms with van der Waals surface area (Å²) >= 11 is 7.20. The first-order chi connectivity index (χ1) is 7.19. The Hall–Kier alpha value is -0.0200. The van der Waals surface area contributed by atoms with Crippen LogP contribution in [0.25, 0.3) is 0 Å². The van der Waals surface area contributed by atoms with Gasteiger partial charge >= 0.3 is 0 Å². The van der Waals surface area contributed by atoms with Crippen LogP contribution in [-0.2, 0) is 6.42 Å². The minimum atomic E-state index is 0.509. The highest BCUT2D eigenvalue weighted by molar-refractivity contribution is 9.10. The van der Waals surface area contributed by atoms with E-state index in [1.54, 1.807) is 7.11 Å². The van der Waals surface area contributed by atoms with Crippen LogP contribution in [0.2, 0.25) is 0 Å². The lowest BCUT2D eigenvalue weighted by atomic mass is 9.98. The predicted molar refractivity (Wildman–Crippen MR) is 69.9 cm³/mol. The van der Waals surface area contributed by atoms with Crippen molar-refractivity contribution in [2.24, 2.45) is 5.41 Å². The van der Waals surface area contributed by atoms with Crippen LogP contribution in [0.3, 0.4) is 0 Å². The molecule has 1 saturated carbocycles. The lowest BCUT2D eigenvalue weighted by Gasteiger charge is -2.13. The van der Waals surface area contributed by atoms with Crippen LogP contribution in [0, 0.1) is 5.41 Å². The molecule has 0 heterocycles. The monoisotopic (exact) mass is 332 g/mol. The minimum absolute atomic E-state index is 0.509. The van der Waals surface area contributed by atoms with Crippen molar-refractivity contribution in [3.8, 4) is 5.75 Å². The Morgan fingerprint density at radius 2 is 2.13 bits per heavy atom. The molecular formula is C12H14Br2O. The third-order valence-corrected chi connectivity index (χ3v) is 5.02. The highest BCUT2D eigenvalue weighted by atomic mass is 79.9. The van der Waals surface area contributed by atoms with Crippen LogP contribution in [0.15, 0.2) is 22.7 Å². The van der Waals surface area contributed by atoms with E-state index in [9.17, 15) is 0 Å². The molecule has 0 saturated heterocycles. The first-order valence-corrected chi connectivity index (χ1v) is 6.99. The number of benzene rings is 1. The SMILES string of the molecule is COc1ccc(Br)c(CC2(CBr)CC2)c1. The molecule has 0 radical (unpaired) electrons. The zero-order valence-electron chi connectivity index (χ0n) is 8.72. The van der Waals surface area contributed by atoms with E-state index in [0.717, 1.165) is 17.5 Å². The molecule has 1 aromatic carbocycles. The van der Waals surface area contributed by atoms with Crippen molar-refractivity contribution in [1.29, 1.82) is 0 Å². The molecule has 0 bridgehead atoms. The van der Waals surface area contributed by atoms with Gasteiger partial charge in [-0.15, -0.1) is 0 Å². The van der Waals surface area contributed by atoms with Crippen molar-refractivity contribution >= 4 is 31.9 Å². The van der Waals surface area contributed by atoms with Gasteiger partial charge in [0, 0.05) is 9.80 Å². The molecule has 1 aliphatic rings. The van der Waals surface area contributed by atoms with Crippen molar-refractivity contribution in [3.05, 3.63) is 28.2 Å². The van der Waals surface area contributed by atoms with Gasteiger partial charge in [0.1, 0.15) is 5.75 Å². The zero-order chi connectivity index (χ0) is 10.9. The highest BCUT2D eigenvalue weighted by Crippen LogP contribution is 2.50. The molecule has 1 fully saturated rings. The second-order valence-corrected chi connectivity index (χ2v) is 5.68. The Balaban J connectivity index is 2.19. The van der Waals surface area contributed by atoms with Crippen LogP contribution in [-0.4, -0.2) is 12.4 Å². The van der Waals surface area contributed by atoms with Crippen LogP contribution < -0.4 is 4.74 Å². The lowest BCUT2D eigenvalue weighted by Crippen LogP contribution is -2.06. The fourth-order valence-corrected chi connectivity index (χ4v) is 2.90. The Kier molecular flexibility index (Phi) is 3.41. The maximum absolute atomic E-state index is 5.25. The maximum atomic E-state index is 5.25. The van der Waals surface area contributed by atoms with Gasteiger partial charge in [0.05, 0.1) is 7.11 Å². The number of hydrogen-bond acceptors (Lipinski definition) is 1. The Bertz CT molecular complexity index is 359. The highest BCUT2D eigenvalue weighted by Gasteiger charge is 2.41. The summed E-state index contributed by atoms with van der Waals surface area (Å²) in [5.74, 6) is 0.943. The zero-order valence-corrected chi connectivity index (χ0v) is 11.9.